The first-order valence-corrected chi connectivity index (χ1v) is 9.41. The van der Waals surface area contributed by atoms with Gasteiger partial charge in [-0.1, -0.05) is 54.1 Å². The molecule has 0 aliphatic heterocycles. The Morgan fingerprint density at radius 3 is 2.32 bits per heavy atom. The van der Waals surface area contributed by atoms with Crippen molar-refractivity contribution < 1.29 is 0 Å². The van der Waals surface area contributed by atoms with Crippen molar-refractivity contribution in [3.05, 3.63) is 95.4 Å². The summed E-state index contributed by atoms with van der Waals surface area (Å²) in [4.78, 5) is 4.38. The number of nitrogens with zero attached hydrogens (tertiary/aromatic N) is 3. The smallest absolute Gasteiger partial charge is 0.0929 e. The first kappa shape index (κ1) is 18.1. The van der Waals surface area contributed by atoms with Gasteiger partial charge in [0.1, 0.15) is 0 Å². The van der Waals surface area contributed by atoms with Gasteiger partial charge in [-0.15, -0.1) is 0 Å². The predicted molar refractivity (Wildman–Crippen MR) is 114 cm³/mol. The van der Waals surface area contributed by atoms with Crippen molar-refractivity contribution in [2.75, 3.05) is 0 Å². The van der Waals surface area contributed by atoms with E-state index in [1.165, 1.54) is 22.3 Å². The lowest BCUT2D eigenvalue weighted by atomic mass is 9.97. The lowest BCUT2D eigenvalue weighted by Crippen LogP contribution is -2.16. The Hall–Kier alpha value is -3.24. The molecule has 4 heteroatoms. The molecule has 0 saturated heterocycles. The Morgan fingerprint density at radius 1 is 0.893 bits per heavy atom. The summed E-state index contributed by atoms with van der Waals surface area (Å²) in [5.41, 5.74) is 15.1. The second-order valence-electron chi connectivity index (χ2n) is 7.21. The third-order valence-corrected chi connectivity index (χ3v) is 5.13. The lowest BCUT2D eigenvalue weighted by Gasteiger charge is -2.10. The van der Waals surface area contributed by atoms with Crippen molar-refractivity contribution in [2.45, 2.75) is 19.9 Å². The van der Waals surface area contributed by atoms with E-state index in [-0.39, 0.29) is 6.04 Å². The van der Waals surface area contributed by atoms with Crippen LogP contribution in [0, 0.1) is 13.8 Å². The summed E-state index contributed by atoms with van der Waals surface area (Å²) in [5, 5.41) is 4.71. The van der Waals surface area contributed by atoms with Crippen molar-refractivity contribution in [1.82, 2.24) is 14.8 Å². The van der Waals surface area contributed by atoms with Gasteiger partial charge in [0.25, 0.3) is 0 Å². The maximum atomic E-state index is 6.44. The highest BCUT2D eigenvalue weighted by atomic mass is 15.3. The standard InChI is InChI=1S/C24H24N4/c1-16-7-9-18(10-8-16)19-11-12-20(17(2)14-19)22-15-23(28(3)27-22)24(25)21-6-4-5-13-26-21/h4-15,24H,25H2,1-3H3. The molecule has 0 aliphatic carbocycles. The molecule has 0 radical (unpaired) electrons. The molecular weight excluding hydrogens is 344 g/mol. The van der Waals surface area contributed by atoms with E-state index in [9.17, 15) is 0 Å². The molecule has 1 atom stereocenters. The molecule has 4 rings (SSSR count). The Labute approximate surface area is 165 Å². The maximum Gasteiger partial charge on any atom is 0.0929 e. The van der Waals surface area contributed by atoms with Crippen molar-refractivity contribution in [3.8, 4) is 22.4 Å². The number of hydrogen-bond donors (Lipinski definition) is 1. The third kappa shape index (κ3) is 3.47. The van der Waals surface area contributed by atoms with E-state index in [0.29, 0.717) is 0 Å². The number of benzene rings is 2. The topological polar surface area (TPSA) is 56.7 Å². The van der Waals surface area contributed by atoms with Gasteiger partial charge in [0.05, 0.1) is 23.1 Å². The highest BCUT2D eigenvalue weighted by molar-refractivity contribution is 5.72. The van der Waals surface area contributed by atoms with Crippen molar-refractivity contribution in [2.24, 2.45) is 12.8 Å². The monoisotopic (exact) mass is 368 g/mol. The zero-order valence-electron chi connectivity index (χ0n) is 16.4. The molecule has 2 aromatic heterocycles. The molecule has 1 unspecified atom stereocenters. The largest absolute Gasteiger partial charge is 0.318 e. The predicted octanol–water partition coefficient (Wildman–Crippen LogP) is 4.81. The molecule has 4 aromatic rings. The highest BCUT2D eigenvalue weighted by Crippen LogP contribution is 2.30. The van der Waals surface area contributed by atoms with Crippen molar-refractivity contribution in [3.63, 3.8) is 0 Å². The maximum absolute atomic E-state index is 6.44. The van der Waals surface area contributed by atoms with E-state index < -0.39 is 0 Å². The minimum atomic E-state index is -0.306. The van der Waals surface area contributed by atoms with E-state index in [1.54, 1.807) is 6.20 Å². The molecule has 0 saturated carbocycles. The number of nitrogens with two attached hydrogens (primary N) is 1. The first-order chi connectivity index (χ1) is 13.5. The van der Waals surface area contributed by atoms with Crippen LogP contribution in [0.25, 0.3) is 22.4 Å². The summed E-state index contributed by atoms with van der Waals surface area (Å²) >= 11 is 0. The molecule has 2 N–H and O–H groups in total. The minimum absolute atomic E-state index is 0.306. The van der Waals surface area contributed by atoms with E-state index in [4.69, 9.17) is 10.8 Å². The second-order valence-corrected chi connectivity index (χ2v) is 7.21. The van der Waals surface area contributed by atoms with Gasteiger partial charge < -0.3 is 5.73 Å². The Bertz CT molecular complexity index is 1100. The summed E-state index contributed by atoms with van der Waals surface area (Å²) in [6.07, 6.45) is 1.76. The SMILES string of the molecule is Cc1ccc(-c2ccc(-c3cc(C(N)c4ccccn4)n(C)n3)c(C)c2)cc1. The van der Waals surface area contributed by atoms with Gasteiger partial charge in [-0.25, -0.2) is 0 Å². The molecule has 28 heavy (non-hydrogen) atoms. The zero-order valence-corrected chi connectivity index (χ0v) is 16.4. The van der Waals surface area contributed by atoms with E-state index in [2.05, 4.69) is 67.4 Å². The van der Waals surface area contributed by atoms with Gasteiger partial charge in [0.15, 0.2) is 0 Å². The fraction of sp³-hybridized carbons (Fsp3) is 0.167. The van der Waals surface area contributed by atoms with Crippen LogP contribution in [0.1, 0.15) is 28.6 Å². The number of pyridine rings is 1. The van der Waals surface area contributed by atoms with Gasteiger partial charge in [-0.05, 0) is 48.7 Å². The molecule has 0 amide bonds. The van der Waals surface area contributed by atoms with Crippen LogP contribution in [0.3, 0.4) is 0 Å². The highest BCUT2D eigenvalue weighted by Gasteiger charge is 2.17. The number of aryl methyl sites for hydroxylation is 3. The van der Waals surface area contributed by atoms with Crippen LogP contribution in [0.4, 0.5) is 0 Å². The van der Waals surface area contributed by atoms with Crippen LogP contribution in [-0.2, 0) is 7.05 Å². The molecule has 2 heterocycles. The van der Waals surface area contributed by atoms with Crippen molar-refractivity contribution in [1.29, 1.82) is 0 Å². The molecule has 140 valence electrons. The fourth-order valence-electron chi connectivity index (χ4n) is 3.49. The van der Waals surface area contributed by atoms with Gasteiger partial charge in [-0.2, -0.15) is 5.10 Å². The Kier molecular flexibility index (Phi) is 4.80. The lowest BCUT2D eigenvalue weighted by molar-refractivity contribution is 0.665. The first-order valence-electron chi connectivity index (χ1n) is 9.41. The molecule has 0 bridgehead atoms. The summed E-state index contributed by atoms with van der Waals surface area (Å²) in [7, 11) is 1.93. The second kappa shape index (κ2) is 7.41. The van der Waals surface area contributed by atoms with Gasteiger partial charge in [0.2, 0.25) is 0 Å². The van der Waals surface area contributed by atoms with Crippen LogP contribution >= 0.6 is 0 Å². The molecule has 0 aliphatic rings. The van der Waals surface area contributed by atoms with Crippen LogP contribution in [-0.4, -0.2) is 14.8 Å². The Balaban J connectivity index is 1.67. The number of hydrogen-bond acceptors (Lipinski definition) is 3. The minimum Gasteiger partial charge on any atom is -0.318 e. The van der Waals surface area contributed by atoms with E-state index >= 15 is 0 Å². The van der Waals surface area contributed by atoms with Crippen LogP contribution in [0.15, 0.2) is 72.9 Å². The average molecular weight is 368 g/mol. The van der Waals surface area contributed by atoms with Gasteiger partial charge in [0, 0.05) is 18.8 Å². The number of aromatic nitrogens is 3. The summed E-state index contributed by atoms with van der Waals surface area (Å²) in [6, 6.07) is 22.7. The quantitative estimate of drug-likeness (QED) is 0.562. The summed E-state index contributed by atoms with van der Waals surface area (Å²) in [6.45, 7) is 4.23. The van der Waals surface area contributed by atoms with E-state index in [0.717, 1.165) is 22.6 Å². The van der Waals surface area contributed by atoms with Gasteiger partial charge in [-0.3, -0.25) is 9.67 Å². The fourth-order valence-corrected chi connectivity index (χ4v) is 3.49. The molecular formula is C24H24N4. The Morgan fingerprint density at radius 2 is 1.64 bits per heavy atom. The average Bonchev–Trinajstić information content (AvgIpc) is 3.10. The van der Waals surface area contributed by atoms with Crippen LogP contribution in [0.5, 0.6) is 0 Å². The van der Waals surface area contributed by atoms with Crippen LogP contribution in [0.2, 0.25) is 0 Å². The number of rotatable bonds is 4. The van der Waals surface area contributed by atoms with E-state index in [1.807, 2.05) is 29.9 Å². The van der Waals surface area contributed by atoms with Crippen LogP contribution < -0.4 is 5.73 Å². The summed E-state index contributed by atoms with van der Waals surface area (Å²) in [5.74, 6) is 0. The molecule has 0 spiro atoms. The molecule has 4 nitrogen and oxygen atoms in total. The van der Waals surface area contributed by atoms with Gasteiger partial charge >= 0.3 is 0 Å². The molecule has 0 fully saturated rings. The summed E-state index contributed by atoms with van der Waals surface area (Å²) < 4.78 is 1.85. The third-order valence-electron chi connectivity index (χ3n) is 5.13. The molecule has 2 aromatic carbocycles. The zero-order chi connectivity index (χ0) is 19.7. The van der Waals surface area contributed by atoms with Crippen molar-refractivity contribution >= 4 is 0 Å². The normalized spacial score (nSPS) is 12.1.